The number of benzene rings is 1. The summed E-state index contributed by atoms with van der Waals surface area (Å²) < 4.78 is 10.1. The van der Waals surface area contributed by atoms with Gasteiger partial charge in [-0.2, -0.15) is 0 Å². The SMILES string of the molecule is CCOCOc1ccc(C(=O)O)cc1N. The van der Waals surface area contributed by atoms with Crippen LogP contribution >= 0.6 is 0 Å². The van der Waals surface area contributed by atoms with Gasteiger partial charge < -0.3 is 20.3 Å². The Hall–Kier alpha value is -1.75. The largest absolute Gasteiger partial charge is 0.478 e. The Morgan fingerprint density at radius 3 is 2.80 bits per heavy atom. The minimum Gasteiger partial charge on any atom is -0.478 e. The van der Waals surface area contributed by atoms with Crippen molar-refractivity contribution in [3.63, 3.8) is 0 Å². The van der Waals surface area contributed by atoms with Crippen LogP contribution in [0.3, 0.4) is 0 Å². The fourth-order valence-corrected chi connectivity index (χ4v) is 1.00. The molecular formula is C10H13NO4. The van der Waals surface area contributed by atoms with E-state index in [1.807, 2.05) is 6.92 Å². The molecule has 5 heteroatoms. The highest BCUT2D eigenvalue weighted by Crippen LogP contribution is 2.22. The molecule has 0 saturated carbocycles. The number of carboxylic acid groups (broad SMARTS) is 1. The highest BCUT2D eigenvalue weighted by atomic mass is 16.7. The Labute approximate surface area is 87.4 Å². The molecule has 0 radical (unpaired) electrons. The number of hydrogen-bond donors (Lipinski definition) is 2. The molecule has 0 aliphatic carbocycles. The monoisotopic (exact) mass is 211 g/mol. The second kappa shape index (κ2) is 5.21. The molecule has 0 atom stereocenters. The van der Waals surface area contributed by atoms with Crippen LogP contribution in [-0.4, -0.2) is 24.5 Å². The van der Waals surface area contributed by atoms with Crippen molar-refractivity contribution in [2.75, 3.05) is 19.1 Å². The summed E-state index contributed by atoms with van der Waals surface area (Å²) in [7, 11) is 0. The fraction of sp³-hybridized carbons (Fsp3) is 0.300. The van der Waals surface area contributed by atoms with Crippen LogP contribution < -0.4 is 10.5 Å². The first kappa shape index (κ1) is 11.3. The molecule has 0 aliphatic rings. The molecule has 0 fully saturated rings. The molecule has 0 aliphatic heterocycles. The van der Waals surface area contributed by atoms with Gasteiger partial charge >= 0.3 is 5.97 Å². The molecule has 82 valence electrons. The third-order valence-corrected chi connectivity index (χ3v) is 1.76. The molecule has 5 nitrogen and oxygen atoms in total. The van der Waals surface area contributed by atoms with E-state index in [1.165, 1.54) is 18.2 Å². The number of nitrogen functional groups attached to an aromatic ring is 1. The number of ether oxygens (including phenoxy) is 2. The third-order valence-electron chi connectivity index (χ3n) is 1.76. The van der Waals surface area contributed by atoms with Crippen LogP contribution in [0.1, 0.15) is 17.3 Å². The van der Waals surface area contributed by atoms with Gasteiger partial charge in [0.2, 0.25) is 0 Å². The van der Waals surface area contributed by atoms with Gasteiger partial charge in [0.05, 0.1) is 11.3 Å². The topological polar surface area (TPSA) is 81.8 Å². The smallest absolute Gasteiger partial charge is 0.335 e. The summed E-state index contributed by atoms with van der Waals surface area (Å²) >= 11 is 0. The second-order valence-corrected chi connectivity index (χ2v) is 2.81. The third kappa shape index (κ3) is 3.14. The highest BCUT2D eigenvalue weighted by Gasteiger charge is 2.06. The Bertz CT molecular complexity index is 351. The lowest BCUT2D eigenvalue weighted by atomic mass is 10.2. The fourth-order valence-electron chi connectivity index (χ4n) is 1.00. The first-order valence-corrected chi connectivity index (χ1v) is 4.48. The van der Waals surface area contributed by atoms with Gasteiger partial charge in [-0.25, -0.2) is 4.79 Å². The second-order valence-electron chi connectivity index (χ2n) is 2.81. The quantitative estimate of drug-likeness (QED) is 0.436. The van der Waals surface area contributed by atoms with Crippen LogP contribution in [0.15, 0.2) is 18.2 Å². The van der Waals surface area contributed by atoms with Gasteiger partial charge in [-0.1, -0.05) is 0 Å². The van der Waals surface area contributed by atoms with Gasteiger partial charge in [-0.05, 0) is 25.1 Å². The molecular weight excluding hydrogens is 198 g/mol. The van der Waals surface area contributed by atoms with Crippen molar-refractivity contribution in [1.29, 1.82) is 0 Å². The van der Waals surface area contributed by atoms with E-state index in [2.05, 4.69) is 0 Å². The maximum absolute atomic E-state index is 10.6. The Morgan fingerprint density at radius 1 is 1.53 bits per heavy atom. The van der Waals surface area contributed by atoms with Crippen LogP contribution in [-0.2, 0) is 4.74 Å². The summed E-state index contributed by atoms with van der Waals surface area (Å²) in [6, 6.07) is 4.29. The number of anilines is 1. The van der Waals surface area contributed by atoms with E-state index in [4.69, 9.17) is 20.3 Å². The standard InChI is InChI=1S/C10H13NO4/c1-2-14-6-15-9-4-3-7(10(12)13)5-8(9)11/h3-5H,2,6,11H2,1H3,(H,12,13). The molecule has 1 rings (SSSR count). The first-order chi connectivity index (χ1) is 7.15. The molecule has 15 heavy (non-hydrogen) atoms. The Kier molecular flexibility index (Phi) is 3.93. The average Bonchev–Trinajstić information content (AvgIpc) is 2.20. The van der Waals surface area contributed by atoms with Gasteiger partial charge in [0.25, 0.3) is 0 Å². The normalized spacial score (nSPS) is 9.93. The van der Waals surface area contributed by atoms with E-state index in [9.17, 15) is 4.79 Å². The van der Waals surface area contributed by atoms with Crippen molar-refractivity contribution in [2.45, 2.75) is 6.92 Å². The molecule has 3 N–H and O–H groups in total. The molecule has 1 aromatic carbocycles. The zero-order valence-corrected chi connectivity index (χ0v) is 8.40. The number of carbonyl (C=O) groups is 1. The summed E-state index contributed by atoms with van der Waals surface area (Å²) in [5, 5.41) is 8.69. The minimum absolute atomic E-state index is 0.104. The van der Waals surface area contributed by atoms with Crippen LogP contribution in [0.2, 0.25) is 0 Å². The predicted octanol–water partition coefficient (Wildman–Crippen LogP) is 1.34. The van der Waals surface area contributed by atoms with E-state index in [0.29, 0.717) is 12.4 Å². The number of rotatable bonds is 5. The van der Waals surface area contributed by atoms with Crippen LogP contribution in [0.25, 0.3) is 0 Å². The zero-order valence-electron chi connectivity index (χ0n) is 8.40. The summed E-state index contributed by atoms with van der Waals surface area (Å²) in [4.78, 5) is 10.6. The average molecular weight is 211 g/mol. The van der Waals surface area contributed by atoms with Crippen molar-refractivity contribution < 1.29 is 19.4 Å². The van der Waals surface area contributed by atoms with E-state index < -0.39 is 5.97 Å². The lowest BCUT2D eigenvalue weighted by molar-refractivity contribution is 0.0228. The molecule has 0 bridgehead atoms. The summed E-state index contributed by atoms with van der Waals surface area (Å²) in [5.41, 5.74) is 6.02. The van der Waals surface area contributed by atoms with Gasteiger partial charge in [-0.15, -0.1) is 0 Å². The summed E-state index contributed by atoms with van der Waals surface area (Å²) in [5.74, 6) is -0.591. The molecule has 0 heterocycles. The van der Waals surface area contributed by atoms with Crippen molar-refractivity contribution in [2.24, 2.45) is 0 Å². The number of aromatic carboxylic acids is 1. The van der Waals surface area contributed by atoms with Crippen molar-refractivity contribution in [3.8, 4) is 5.75 Å². The maximum atomic E-state index is 10.6. The van der Waals surface area contributed by atoms with Gasteiger partial charge in [-0.3, -0.25) is 0 Å². The Morgan fingerprint density at radius 2 is 2.27 bits per heavy atom. The highest BCUT2D eigenvalue weighted by molar-refractivity contribution is 5.89. The molecule has 1 aromatic rings. The lowest BCUT2D eigenvalue weighted by Gasteiger charge is -2.08. The number of carboxylic acids is 1. The van der Waals surface area contributed by atoms with Gasteiger partial charge in [0.1, 0.15) is 5.75 Å². The van der Waals surface area contributed by atoms with Crippen LogP contribution in [0.4, 0.5) is 5.69 Å². The van der Waals surface area contributed by atoms with E-state index in [1.54, 1.807) is 0 Å². The molecule has 0 aromatic heterocycles. The van der Waals surface area contributed by atoms with Crippen molar-refractivity contribution >= 4 is 11.7 Å². The maximum Gasteiger partial charge on any atom is 0.335 e. The van der Waals surface area contributed by atoms with Gasteiger partial charge in [0.15, 0.2) is 6.79 Å². The van der Waals surface area contributed by atoms with Crippen molar-refractivity contribution in [1.82, 2.24) is 0 Å². The Balaban J connectivity index is 2.70. The lowest BCUT2D eigenvalue weighted by Crippen LogP contribution is -2.05. The number of hydrogen-bond acceptors (Lipinski definition) is 4. The first-order valence-electron chi connectivity index (χ1n) is 4.48. The summed E-state index contributed by atoms with van der Waals surface area (Å²) in [6.07, 6.45) is 0. The van der Waals surface area contributed by atoms with E-state index in [0.717, 1.165) is 0 Å². The summed E-state index contributed by atoms with van der Waals surface area (Å²) in [6.45, 7) is 2.50. The van der Waals surface area contributed by atoms with Crippen LogP contribution in [0.5, 0.6) is 5.75 Å². The van der Waals surface area contributed by atoms with E-state index in [-0.39, 0.29) is 18.0 Å². The van der Waals surface area contributed by atoms with Crippen LogP contribution in [0, 0.1) is 0 Å². The molecule has 0 amide bonds. The predicted molar refractivity (Wildman–Crippen MR) is 54.9 cm³/mol. The minimum atomic E-state index is -1.02. The molecule has 0 spiro atoms. The molecule has 0 unspecified atom stereocenters. The zero-order chi connectivity index (χ0) is 11.3. The number of nitrogens with two attached hydrogens (primary N) is 1. The van der Waals surface area contributed by atoms with E-state index >= 15 is 0 Å². The van der Waals surface area contributed by atoms with Crippen molar-refractivity contribution in [3.05, 3.63) is 23.8 Å². The molecule has 0 saturated heterocycles. The van der Waals surface area contributed by atoms with Gasteiger partial charge in [0, 0.05) is 6.61 Å².